The molecule has 2 heteroatoms. The topological polar surface area (TPSA) is 26.3 Å². The summed E-state index contributed by atoms with van der Waals surface area (Å²) in [6.07, 6.45) is 35.0. The summed E-state index contributed by atoms with van der Waals surface area (Å²) >= 11 is 0. The Balaban J connectivity index is 3.09. The Morgan fingerprint density at radius 1 is 0.500 bits per heavy atom. The van der Waals surface area contributed by atoms with E-state index in [9.17, 15) is 4.79 Å². The van der Waals surface area contributed by atoms with Crippen molar-refractivity contribution in [2.75, 3.05) is 6.61 Å². The highest BCUT2D eigenvalue weighted by Crippen LogP contribution is 2.23. The number of carbonyl (C=O) groups is 1. The summed E-state index contributed by atoms with van der Waals surface area (Å²) in [4.78, 5) is 11.3. The third kappa shape index (κ3) is 29.4. The quantitative estimate of drug-likeness (QED) is 0.0629. The minimum absolute atomic E-state index is 0.251. The van der Waals surface area contributed by atoms with Gasteiger partial charge in [0.25, 0.3) is 0 Å². The number of unbranched alkanes of at least 4 members (excludes halogenated alkanes) is 23. The lowest BCUT2D eigenvalue weighted by atomic mass is 9.89. The van der Waals surface area contributed by atoms with Gasteiger partial charge in [-0.15, -0.1) is 0 Å². The first kappa shape index (κ1) is 35.2. The van der Waals surface area contributed by atoms with Crippen LogP contribution in [0.4, 0.5) is 0 Å². The zero-order chi connectivity index (χ0) is 26.7. The van der Waals surface area contributed by atoms with Crippen molar-refractivity contribution in [1.82, 2.24) is 0 Å². The maximum absolute atomic E-state index is 11.3. The normalized spacial score (nSPS) is 11.7. The predicted molar refractivity (Wildman–Crippen MR) is 161 cm³/mol. The molecule has 36 heavy (non-hydrogen) atoms. The van der Waals surface area contributed by atoms with Crippen LogP contribution in [0.15, 0.2) is 12.2 Å². The second kappa shape index (κ2) is 25.8. The van der Waals surface area contributed by atoms with Gasteiger partial charge in [-0.3, -0.25) is 0 Å². The number of hydrogen-bond acceptors (Lipinski definition) is 2. The maximum atomic E-state index is 11.3. The van der Waals surface area contributed by atoms with Gasteiger partial charge in [0.2, 0.25) is 0 Å². The largest absolute Gasteiger partial charge is 0.462 e. The second-order valence-electron chi connectivity index (χ2n) is 12.7. The Labute approximate surface area is 227 Å². The van der Waals surface area contributed by atoms with Gasteiger partial charge in [-0.25, -0.2) is 4.79 Å². The number of esters is 1. The Morgan fingerprint density at radius 3 is 1.00 bits per heavy atom. The summed E-state index contributed by atoms with van der Waals surface area (Å²) in [7, 11) is 0. The molecule has 0 bridgehead atoms. The highest BCUT2D eigenvalue weighted by Gasteiger charge is 2.08. The van der Waals surface area contributed by atoms with Crippen LogP contribution < -0.4 is 0 Å². The van der Waals surface area contributed by atoms with Crippen molar-refractivity contribution in [3.05, 3.63) is 12.2 Å². The Hall–Kier alpha value is -0.790. The molecule has 0 aliphatic carbocycles. The van der Waals surface area contributed by atoms with Crippen LogP contribution in [0, 0.1) is 5.41 Å². The van der Waals surface area contributed by atoms with Crippen LogP contribution in [0.1, 0.15) is 188 Å². The molecule has 0 aromatic rings. The molecule has 0 spiro atoms. The molecule has 0 aliphatic heterocycles. The molecule has 0 saturated carbocycles. The molecular weight excluding hydrogens is 440 g/mol. The highest BCUT2D eigenvalue weighted by atomic mass is 16.5. The SMILES string of the molecule is C=C(C)C(=O)OCCCCCCCCCCCCCCCCCCCCCCCCCCC(C)(C)C. The average Bonchev–Trinajstić information content (AvgIpc) is 2.82. The maximum Gasteiger partial charge on any atom is 0.333 e. The van der Waals surface area contributed by atoms with Gasteiger partial charge in [-0.2, -0.15) is 0 Å². The minimum Gasteiger partial charge on any atom is -0.462 e. The molecule has 0 aromatic carbocycles. The summed E-state index contributed by atoms with van der Waals surface area (Å²) in [6.45, 7) is 12.9. The van der Waals surface area contributed by atoms with E-state index in [0.717, 1.165) is 6.42 Å². The predicted octanol–water partition coefficient (Wildman–Crippen LogP) is 11.9. The van der Waals surface area contributed by atoms with Crippen molar-refractivity contribution < 1.29 is 9.53 Å². The van der Waals surface area contributed by atoms with Gasteiger partial charge in [-0.1, -0.05) is 175 Å². The minimum atomic E-state index is -0.251. The van der Waals surface area contributed by atoms with Crippen LogP contribution in [0.25, 0.3) is 0 Å². The van der Waals surface area contributed by atoms with E-state index in [4.69, 9.17) is 4.74 Å². The van der Waals surface area contributed by atoms with Crippen molar-refractivity contribution in [2.24, 2.45) is 5.41 Å². The van der Waals surface area contributed by atoms with Gasteiger partial charge in [0.1, 0.15) is 0 Å². The molecule has 0 saturated heterocycles. The first-order valence-corrected chi connectivity index (χ1v) is 16.2. The van der Waals surface area contributed by atoms with Gasteiger partial charge in [0, 0.05) is 5.57 Å². The Kier molecular flexibility index (Phi) is 25.3. The number of hydrogen-bond donors (Lipinski definition) is 0. The van der Waals surface area contributed by atoms with E-state index in [1.165, 1.54) is 154 Å². The van der Waals surface area contributed by atoms with Gasteiger partial charge >= 0.3 is 5.97 Å². The van der Waals surface area contributed by atoms with E-state index < -0.39 is 0 Å². The summed E-state index contributed by atoms with van der Waals surface area (Å²) in [5.74, 6) is -0.251. The smallest absolute Gasteiger partial charge is 0.333 e. The van der Waals surface area contributed by atoms with Crippen molar-refractivity contribution >= 4 is 5.97 Å². The fraction of sp³-hybridized carbons (Fsp3) is 0.912. The highest BCUT2D eigenvalue weighted by molar-refractivity contribution is 5.86. The summed E-state index contributed by atoms with van der Waals surface area (Å²) in [6, 6.07) is 0. The zero-order valence-electron chi connectivity index (χ0n) is 25.4. The van der Waals surface area contributed by atoms with Crippen LogP contribution in [-0.4, -0.2) is 12.6 Å². The molecular formula is C34H66O2. The van der Waals surface area contributed by atoms with Crippen LogP contribution in [0.2, 0.25) is 0 Å². The number of ether oxygens (including phenoxy) is 1. The average molecular weight is 507 g/mol. The lowest BCUT2D eigenvalue weighted by Crippen LogP contribution is -2.05. The van der Waals surface area contributed by atoms with Crippen LogP contribution in [0.3, 0.4) is 0 Å². The Morgan fingerprint density at radius 2 is 0.750 bits per heavy atom. The van der Waals surface area contributed by atoms with Crippen LogP contribution >= 0.6 is 0 Å². The molecule has 0 rings (SSSR count). The molecule has 0 atom stereocenters. The second-order valence-corrected chi connectivity index (χ2v) is 12.7. The molecule has 0 unspecified atom stereocenters. The molecule has 0 aromatic heterocycles. The first-order valence-electron chi connectivity index (χ1n) is 16.2. The van der Waals surface area contributed by atoms with Crippen molar-refractivity contribution in [1.29, 1.82) is 0 Å². The first-order chi connectivity index (χ1) is 17.3. The molecule has 0 amide bonds. The lowest BCUT2D eigenvalue weighted by molar-refractivity contribution is -0.139. The standard InChI is InChI=1S/C34H66O2/c1-32(2)33(35)36-31-29-27-25-23-21-19-17-15-13-11-9-7-6-8-10-12-14-16-18-20-22-24-26-28-30-34(3,4)5/h1,6-31H2,2-5H3. The molecule has 0 aliphatic rings. The van der Waals surface area contributed by atoms with Crippen LogP contribution in [0.5, 0.6) is 0 Å². The summed E-state index contributed by atoms with van der Waals surface area (Å²) in [5.41, 5.74) is 1.02. The molecule has 0 N–H and O–H groups in total. The zero-order valence-corrected chi connectivity index (χ0v) is 25.4. The third-order valence-corrected chi connectivity index (χ3v) is 7.40. The van der Waals surface area contributed by atoms with Gasteiger partial charge in [-0.05, 0) is 25.2 Å². The van der Waals surface area contributed by atoms with Crippen molar-refractivity contribution in [3.8, 4) is 0 Å². The molecule has 214 valence electrons. The number of rotatable bonds is 27. The lowest BCUT2D eigenvalue weighted by Gasteiger charge is -2.17. The monoisotopic (exact) mass is 507 g/mol. The fourth-order valence-electron chi connectivity index (χ4n) is 4.93. The van der Waals surface area contributed by atoms with E-state index in [0.29, 0.717) is 17.6 Å². The van der Waals surface area contributed by atoms with E-state index in [1.54, 1.807) is 6.92 Å². The van der Waals surface area contributed by atoms with Gasteiger partial charge < -0.3 is 4.74 Å². The molecule has 0 heterocycles. The number of carbonyl (C=O) groups excluding carboxylic acids is 1. The van der Waals surface area contributed by atoms with Gasteiger partial charge in [0.05, 0.1) is 6.61 Å². The summed E-state index contributed by atoms with van der Waals surface area (Å²) in [5, 5.41) is 0. The van der Waals surface area contributed by atoms with E-state index in [1.807, 2.05) is 0 Å². The molecule has 2 nitrogen and oxygen atoms in total. The summed E-state index contributed by atoms with van der Waals surface area (Å²) < 4.78 is 5.12. The van der Waals surface area contributed by atoms with E-state index >= 15 is 0 Å². The molecule has 0 radical (unpaired) electrons. The fourth-order valence-corrected chi connectivity index (χ4v) is 4.93. The van der Waals surface area contributed by atoms with Crippen molar-refractivity contribution in [3.63, 3.8) is 0 Å². The van der Waals surface area contributed by atoms with E-state index in [-0.39, 0.29) is 5.97 Å². The van der Waals surface area contributed by atoms with Crippen LogP contribution in [-0.2, 0) is 9.53 Å². The van der Waals surface area contributed by atoms with E-state index in [2.05, 4.69) is 27.4 Å². The molecule has 0 fully saturated rings. The Bertz CT molecular complexity index is 488. The van der Waals surface area contributed by atoms with Crippen molar-refractivity contribution in [2.45, 2.75) is 188 Å². The third-order valence-electron chi connectivity index (χ3n) is 7.40. The van der Waals surface area contributed by atoms with Gasteiger partial charge in [0.15, 0.2) is 0 Å².